The summed E-state index contributed by atoms with van der Waals surface area (Å²) in [5.74, 6) is -0.578. The predicted octanol–water partition coefficient (Wildman–Crippen LogP) is 1.08. The Labute approximate surface area is 124 Å². The Kier molecular flexibility index (Phi) is 6.37. The molecule has 3 N–H and O–H groups in total. The molecule has 21 heavy (non-hydrogen) atoms. The zero-order valence-electron chi connectivity index (χ0n) is 12.3. The molecule has 1 aromatic carbocycles. The maximum absolute atomic E-state index is 11.9. The molecular weight excluding hydrogens is 268 g/mol. The van der Waals surface area contributed by atoms with Crippen LogP contribution in [0.4, 0.5) is 5.69 Å². The molecule has 1 rings (SSSR count). The van der Waals surface area contributed by atoms with Crippen molar-refractivity contribution in [2.24, 2.45) is 5.73 Å². The molecule has 0 fully saturated rings. The van der Waals surface area contributed by atoms with Crippen LogP contribution in [0.15, 0.2) is 24.3 Å². The maximum Gasteiger partial charge on any atom is 0.231 e. The van der Waals surface area contributed by atoms with Gasteiger partial charge in [0.1, 0.15) is 0 Å². The fraction of sp³-hybridized carbons (Fsp3) is 0.400. The molecule has 112 valence electrons. The number of rotatable bonds is 7. The van der Waals surface area contributed by atoms with Crippen LogP contribution in [0, 0.1) is 11.3 Å². The van der Waals surface area contributed by atoms with Gasteiger partial charge in [-0.15, -0.1) is 0 Å². The molecule has 0 aromatic heterocycles. The van der Waals surface area contributed by atoms with E-state index < -0.39 is 5.91 Å². The van der Waals surface area contributed by atoms with Gasteiger partial charge in [0.15, 0.2) is 0 Å². The van der Waals surface area contributed by atoms with E-state index in [0.29, 0.717) is 17.8 Å². The number of anilines is 1. The molecule has 1 aromatic rings. The second-order valence-electron chi connectivity index (χ2n) is 5.02. The quantitative estimate of drug-likeness (QED) is 0.784. The van der Waals surface area contributed by atoms with Crippen LogP contribution in [-0.2, 0) is 9.59 Å². The normalized spacial score (nSPS) is 10.4. The summed E-state index contributed by atoms with van der Waals surface area (Å²) in [7, 11) is 0. The maximum atomic E-state index is 11.9. The summed E-state index contributed by atoms with van der Waals surface area (Å²) in [6.45, 7) is 4.47. The summed E-state index contributed by atoms with van der Waals surface area (Å²) >= 11 is 0. The first-order valence-corrected chi connectivity index (χ1v) is 6.74. The Morgan fingerprint density at radius 1 is 1.43 bits per heavy atom. The Morgan fingerprint density at radius 3 is 2.71 bits per heavy atom. The number of hydrogen-bond donors (Lipinski definition) is 2. The molecule has 0 spiro atoms. The van der Waals surface area contributed by atoms with Gasteiger partial charge in [0.05, 0.1) is 18.2 Å². The molecule has 0 bridgehead atoms. The van der Waals surface area contributed by atoms with Crippen LogP contribution in [-0.4, -0.2) is 35.8 Å². The highest BCUT2D eigenvalue weighted by molar-refractivity contribution is 5.91. The highest BCUT2D eigenvalue weighted by Gasteiger charge is 2.14. The van der Waals surface area contributed by atoms with Crippen LogP contribution in [0.1, 0.15) is 25.8 Å². The smallest absolute Gasteiger partial charge is 0.231 e. The van der Waals surface area contributed by atoms with Gasteiger partial charge in [0.2, 0.25) is 11.8 Å². The molecule has 0 aliphatic carbocycles. The highest BCUT2D eigenvalue weighted by Crippen LogP contribution is 2.10. The van der Waals surface area contributed by atoms with E-state index in [1.165, 1.54) is 0 Å². The number of nitrogens with two attached hydrogens (primary N) is 1. The fourth-order valence-electron chi connectivity index (χ4n) is 1.86. The summed E-state index contributed by atoms with van der Waals surface area (Å²) in [6, 6.07) is 8.86. The first-order valence-electron chi connectivity index (χ1n) is 6.74. The standard InChI is InChI=1S/C15H20N4O2/c1-11(2)19(10-14(17)20)7-6-15(21)18-13-5-3-4-12(8-13)9-16/h3-5,8,11H,6-7,10H2,1-2H3,(H2,17,20)(H,18,21). The van der Waals surface area contributed by atoms with E-state index in [9.17, 15) is 9.59 Å². The number of primary amides is 1. The summed E-state index contributed by atoms with van der Waals surface area (Å²) in [5.41, 5.74) is 6.26. The second-order valence-corrected chi connectivity index (χ2v) is 5.02. The van der Waals surface area contributed by atoms with E-state index in [2.05, 4.69) is 5.32 Å². The van der Waals surface area contributed by atoms with Gasteiger partial charge in [-0.1, -0.05) is 6.07 Å². The zero-order valence-corrected chi connectivity index (χ0v) is 12.3. The molecule has 6 heteroatoms. The van der Waals surface area contributed by atoms with Gasteiger partial charge in [-0.2, -0.15) is 5.26 Å². The van der Waals surface area contributed by atoms with Crippen LogP contribution in [0.25, 0.3) is 0 Å². The molecule has 0 aliphatic heterocycles. The van der Waals surface area contributed by atoms with Crippen molar-refractivity contribution in [2.75, 3.05) is 18.4 Å². The van der Waals surface area contributed by atoms with E-state index >= 15 is 0 Å². The van der Waals surface area contributed by atoms with Crippen molar-refractivity contribution in [3.8, 4) is 6.07 Å². The van der Waals surface area contributed by atoms with E-state index in [4.69, 9.17) is 11.0 Å². The molecule has 0 saturated carbocycles. The van der Waals surface area contributed by atoms with Crippen molar-refractivity contribution in [3.63, 3.8) is 0 Å². The number of carbonyl (C=O) groups excluding carboxylic acids is 2. The van der Waals surface area contributed by atoms with Crippen LogP contribution >= 0.6 is 0 Å². The molecule has 6 nitrogen and oxygen atoms in total. The molecule has 0 unspecified atom stereocenters. The van der Waals surface area contributed by atoms with E-state index in [1.54, 1.807) is 24.3 Å². The number of amides is 2. The average Bonchev–Trinajstić information content (AvgIpc) is 2.43. The number of carbonyl (C=O) groups is 2. The van der Waals surface area contributed by atoms with Crippen molar-refractivity contribution in [1.29, 1.82) is 5.26 Å². The van der Waals surface area contributed by atoms with E-state index in [0.717, 1.165) is 0 Å². The third-order valence-electron chi connectivity index (χ3n) is 2.99. The van der Waals surface area contributed by atoms with Gasteiger partial charge >= 0.3 is 0 Å². The Bertz CT molecular complexity index is 549. The van der Waals surface area contributed by atoms with Crippen molar-refractivity contribution in [3.05, 3.63) is 29.8 Å². The lowest BCUT2D eigenvalue weighted by molar-refractivity contribution is -0.121. The zero-order chi connectivity index (χ0) is 15.8. The van der Waals surface area contributed by atoms with Gasteiger partial charge in [-0.3, -0.25) is 14.5 Å². The minimum atomic E-state index is -0.411. The molecular formula is C15H20N4O2. The second kappa shape index (κ2) is 8.02. The Hall–Kier alpha value is -2.39. The lowest BCUT2D eigenvalue weighted by Crippen LogP contribution is -2.40. The largest absolute Gasteiger partial charge is 0.369 e. The van der Waals surface area contributed by atoms with Gasteiger partial charge in [0, 0.05) is 24.7 Å². The van der Waals surface area contributed by atoms with Gasteiger partial charge in [-0.05, 0) is 32.0 Å². The molecule has 0 saturated heterocycles. The monoisotopic (exact) mass is 288 g/mol. The van der Waals surface area contributed by atoms with E-state index in [-0.39, 0.29) is 24.9 Å². The first-order chi connectivity index (χ1) is 9.92. The van der Waals surface area contributed by atoms with Crippen LogP contribution in [0.5, 0.6) is 0 Å². The van der Waals surface area contributed by atoms with Crippen molar-refractivity contribution in [2.45, 2.75) is 26.3 Å². The van der Waals surface area contributed by atoms with Gasteiger partial charge < -0.3 is 11.1 Å². The molecule has 0 radical (unpaired) electrons. The van der Waals surface area contributed by atoms with Crippen LogP contribution in [0.2, 0.25) is 0 Å². The number of nitrogens with one attached hydrogen (secondary N) is 1. The van der Waals surface area contributed by atoms with Gasteiger partial charge in [0.25, 0.3) is 0 Å². The summed E-state index contributed by atoms with van der Waals surface area (Å²) in [6.07, 6.45) is 0.252. The fourth-order valence-corrected chi connectivity index (χ4v) is 1.86. The highest BCUT2D eigenvalue weighted by atomic mass is 16.2. The van der Waals surface area contributed by atoms with E-state index in [1.807, 2.05) is 24.8 Å². The Morgan fingerprint density at radius 2 is 2.14 bits per heavy atom. The number of hydrogen-bond acceptors (Lipinski definition) is 4. The lowest BCUT2D eigenvalue weighted by atomic mass is 10.2. The third kappa shape index (κ3) is 6.06. The van der Waals surface area contributed by atoms with Crippen molar-refractivity contribution in [1.82, 2.24) is 4.90 Å². The summed E-state index contributed by atoms with van der Waals surface area (Å²) in [4.78, 5) is 24.7. The lowest BCUT2D eigenvalue weighted by Gasteiger charge is -2.24. The van der Waals surface area contributed by atoms with Crippen molar-refractivity contribution >= 4 is 17.5 Å². The minimum absolute atomic E-state index is 0.132. The molecule has 0 atom stereocenters. The van der Waals surface area contributed by atoms with Crippen LogP contribution < -0.4 is 11.1 Å². The minimum Gasteiger partial charge on any atom is -0.369 e. The van der Waals surface area contributed by atoms with Crippen molar-refractivity contribution < 1.29 is 9.59 Å². The number of nitriles is 1. The first kappa shape index (κ1) is 16.7. The topological polar surface area (TPSA) is 99.2 Å². The summed E-state index contributed by atoms with van der Waals surface area (Å²) in [5, 5.41) is 11.5. The van der Waals surface area contributed by atoms with Crippen LogP contribution in [0.3, 0.4) is 0 Å². The molecule has 0 heterocycles. The number of benzene rings is 1. The van der Waals surface area contributed by atoms with Gasteiger partial charge in [-0.25, -0.2) is 0 Å². The Balaban J connectivity index is 2.53. The molecule has 2 amide bonds. The molecule has 0 aliphatic rings. The number of nitrogens with zero attached hydrogens (tertiary/aromatic N) is 2. The predicted molar refractivity (Wildman–Crippen MR) is 80.3 cm³/mol. The SMILES string of the molecule is CC(C)N(CCC(=O)Nc1cccc(C#N)c1)CC(N)=O. The third-order valence-corrected chi connectivity index (χ3v) is 2.99. The summed E-state index contributed by atoms with van der Waals surface area (Å²) < 4.78 is 0. The average molecular weight is 288 g/mol.